The molecule has 0 unspecified atom stereocenters. The molecule has 0 bridgehead atoms. The van der Waals surface area contributed by atoms with E-state index in [9.17, 15) is 10.1 Å². The van der Waals surface area contributed by atoms with Gasteiger partial charge in [-0.2, -0.15) is 5.26 Å². The number of aryl methyl sites for hydroxylation is 2. The molecular weight excluding hydrogens is 402 g/mol. The van der Waals surface area contributed by atoms with E-state index in [1.54, 1.807) is 19.1 Å². The number of hydrogen-bond donors (Lipinski definition) is 1. The number of benzene rings is 2. The van der Waals surface area contributed by atoms with Gasteiger partial charge < -0.3 is 5.32 Å². The molecule has 2 aromatic carbocycles. The van der Waals surface area contributed by atoms with Crippen LogP contribution in [-0.2, 0) is 0 Å². The van der Waals surface area contributed by atoms with Gasteiger partial charge in [0, 0.05) is 16.3 Å². The summed E-state index contributed by atoms with van der Waals surface area (Å²) in [5.74, 6) is 0.481. The number of thioether (sulfide) groups is 1. The fraction of sp³-hybridized carbons (Fsp3) is 0.174. The molecular formula is C23H20ClN3OS. The number of hydrogen-bond acceptors (Lipinski definition) is 4. The Kier molecular flexibility index (Phi) is 6.58. The highest BCUT2D eigenvalue weighted by molar-refractivity contribution is 7.99. The largest absolute Gasteiger partial charge is 0.322 e. The number of anilines is 1. The summed E-state index contributed by atoms with van der Waals surface area (Å²) in [7, 11) is 0. The highest BCUT2D eigenvalue weighted by Gasteiger charge is 2.24. The van der Waals surface area contributed by atoms with Crippen LogP contribution >= 0.6 is 23.4 Å². The lowest BCUT2D eigenvalue weighted by molar-refractivity contribution is 0.102. The number of nitrogens with one attached hydrogen (secondary N) is 1. The van der Waals surface area contributed by atoms with E-state index < -0.39 is 0 Å². The van der Waals surface area contributed by atoms with Crippen LogP contribution in [0.1, 0.15) is 34.1 Å². The SMILES string of the molecule is CCSc1nc(C)c(C(=O)Nc2ccccc2C)c(-c2ccc(Cl)cc2)c1C#N. The minimum absolute atomic E-state index is 0.293. The van der Waals surface area contributed by atoms with E-state index in [1.807, 2.05) is 50.2 Å². The zero-order valence-corrected chi connectivity index (χ0v) is 18.0. The summed E-state index contributed by atoms with van der Waals surface area (Å²) in [6.07, 6.45) is 0. The van der Waals surface area contributed by atoms with Crippen molar-refractivity contribution in [3.8, 4) is 17.2 Å². The van der Waals surface area contributed by atoms with Crippen molar-refractivity contribution in [2.75, 3.05) is 11.1 Å². The quantitative estimate of drug-likeness (QED) is 0.494. The Hall–Kier alpha value is -2.81. The maximum atomic E-state index is 13.3. The van der Waals surface area contributed by atoms with Crippen LogP contribution in [0, 0.1) is 25.2 Å². The molecule has 0 saturated carbocycles. The van der Waals surface area contributed by atoms with Crippen molar-refractivity contribution in [3.05, 3.63) is 75.9 Å². The molecule has 29 heavy (non-hydrogen) atoms. The van der Waals surface area contributed by atoms with E-state index in [-0.39, 0.29) is 5.91 Å². The second-order valence-electron chi connectivity index (χ2n) is 6.45. The molecule has 4 nitrogen and oxygen atoms in total. The highest BCUT2D eigenvalue weighted by Crippen LogP contribution is 2.35. The molecule has 1 amide bonds. The zero-order valence-electron chi connectivity index (χ0n) is 16.4. The van der Waals surface area contributed by atoms with Crippen LogP contribution in [0.2, 0.25) is 5.02 Å². The van der Waals surface area contributed by atoms with E-state index in [2.05, 4.69) is 16.4 Å². The summed E-state index contributed by atoms with van der Waals surface area (Å²) < 4.78 is 0. The Labute approximate surface area is 179 Å². The first-order valence-electron chi connectivity index (χ1n) is 9.16. The molecule has 0 aliphatic heterocycles. The number of amides is 1. The molecule has 3 aromatic rings. The molecule has 0 aliphatic rings. The average molecular weight is 422 g/mol. The molecule has 146 valence electrons. The summed E-state index contributed by atoms with van der Waals surface area (Å²) in [4.78, 5) is 17.9. The van der Waals surface area contributed by atoms with Gasteiger partial charge in [-0.1, -0.05) is 48.9 Å². The maximum Gasteiger partial charge on any atom is 0.258 e. The first-order chi connectivity index (χ1) is 14.0. The number of nitrogens with zero attached hydrogens (tertiary/aromatic N) is 2. The molecule has 0 atom stereocenters. The lowest BCUT2D eigenvalue weighted by Crippen LogP contribution is -2.17. The van der Waals surface area contributed by atoms with Crippen molar-refractivity contribution in [1.29, 1.82) is 5.26 Å². The number of aromatic nitrogens is 1. The third kappa shape index (κ3) is 4.45. The van der Waals surface area contributed by atoms with E-state index in [0.29, 0.717) is 32.4 Å². The van der Waals surface area contributed by atoms with Crippen LogP contribution in [0.4, 0.5) is 5.69 Å². The van der Waals surface area contributed by atoms with Crippen LogP contribution in [0.5, 0.6) is 0 Å². The Bertz CT molecular complexity index is 1100. The van der Waals surface area contributed by atoms with Crippen molar-refractivity contribution in [3.63, 3.8) is 0 Å². The predicted molar refractivity (Wildman–Crippen MR) is 120 cm³/mol. The van der Waals surface area contributed by atoms with Gasteiger partial charge in [0.05, 0.1) is 16.8 Å². The van der Waals surface area contributed by atoms with Gasteiger partial charge >= 0.3 is 0 Å². The van der Waals surface area contributed by atoms with E-state index in [4.69, 9.17) is 11.6 Å². The van der Waals surface area contributed by atoms with Crippen LogP contribution in [0.3, 0.4) is 0 Å². The number of para-hydroxylation sites is 1. The molecule has 1 aromatic heterocycles. The van der Waals surface area contributed by atoms with Gasteiger partial charge in [-0.05, 0) is 48.9 Å². The number of carbonyl (C=O) groups is 1. The second-order valence-corrected chi connectivity index (χ2v) is 8.14. The standard InChI is InChI=1S/C23H20ClN3OS/c1-4-29-23-18(13-25)21(16-9-11-17(24)12-10-16)20(15(3)26-23)22(28)27-19-8-6-5-7-14(19)2/h5-12H,4H2,1-3H3,(H,27,28). The van der Waals surface area contributed by atoms with Crippen molar-refractivity contribution in [2.24, 2.45) is 0 Å². The van der Waals surface area contributed by atoms with Gasteiger partial charge in [0.25, 0.3) is 5.91 Å². The summed E-state index contributed by atoms with van der Waals surface area (Å²) in [5, 5.41) is 14.1. The normalized spacial score (nSPS) is 10.4. The topological polar surface area (TPSA) is 65.8 Å². The Morgan fingerprint density at radius 1 is 1.17 bits per heavy atom. The number of carbonyl (C=O) groups excluding carboxylic acids is 1. The molecule has 0 saturated heterocycles. The molecule has 0 aliphatic carbocycles. The third-order valence-electron chi connectivity index (χ3n) is 4.49. The number of pyridine rings is 1. The Morgan fingerprint density at radius 3 is 2.48 bits per heavy atom. The van der Waals surface area contributed by atoms with Gasteiger partial charge in [0.2, 0.25) is 0 Å². The fourth-order valence-corrected chi connectivity index (χ4v) is 4.00. The lowest BCUT2D eigenvalue weighted by Gasteiger charge is -2.17. The number of nitriles is 1. The molecule has 0 radical (unpaired) electrons. The molecule has 0 spiro atoms. The smallest absolute Gasteiger partial charge is 0.258 e. The van der Waals surface area contributed by atoms with Crippen molar-refractivity contribution >= 4 is 35.0 Å². The Morgan fingerprint density at radius 2 is 1.86 bits per heavy atom. The molecule has 0 fully saturated rings. The monoisotopic (exact) mass is 421 g/mol. The fourth-order valence-electron chi connectivity index (χ4n) is 3.10. The highest BCUT2D eigenvalue weighted by atomic mass is 35.5. The third-order valence-corrected chi connectivity index (χ3v) is 5.60. The van der Waals surface area contributed by atoms with Crippen molar-refractivity contribution in [2.45, 2.75) is 25.8 Å². The van der Waals surface area contributed by atoms with Crippen LogP contribution in [0.25, 0.3) is 11.1 Å². The van der Waals surface area contributed by atoms with Gasteiger partial charge in [-0.15, -0.1) is 11.8 Å². The van der Waals surface area contributed by atoms with E-state index >= 15 is 0 Å². The van der Waals surface area contributed by atoms with Crippen LogP contribution < -0.4 is 5.32 Å². The van der Waals surface area contributed by atoms with Crippen LogP contribution in [0.15, 0.2) is 53.6 Å². The van der Waals surface area contributed by atoms with Gasteiger partial charge in [0.1, 0.15) is 11.1 Å². The molecule has 1 N–H and O–H groups in total. The summed E-state index contributed by atoms with van der Waals surface area (Å²) in [6.45, 7) is 5.74. The summed E-state index contributed by atoms with van der Waals surface area (Å²) >= 11 is 7.54. The Balaban J connectivity index is 2.22. The molecule has 3 rings (SSSR count). The lowest BCUT2D eigenvalue weighted by atomic mass is 9.94. The van der Waals surface area contributed by atoms with Crippen molar-refractivity contribution in [1.82, 2.24) is 4.98 Å². The summed E-state index contributed by atoms with van der Waals surface area (Å²) in [6, 6.07) is 17.0. The van der Waals surface area contributed by atoms with Crippen molar-refractivity contribution < 1.29 is 4.79 Å². The molecule has 6 heteroatoms. The summed E-state index contributed by atoms with van der Waals surface area (Å²) in [5.41, 5.74) is 4.40. The van der Waals surface area contributed by atoms with Gasteiger partial charge in [0.15, 0.2) is 0 Å². The van der Waals surface area contributed by atoms with E-state index in [1.165, 1.54) is 11.8 Å². The van der Waals surface area contributed by atoms with Gasteiger partial charge in [-0.3, -0.25) is 4.79 Å². The minimum atomic E-state index is -0.293. The van der Waals surface area contributed by atoms with E-state index in [0.717, 1.165) is 22.6 Å². The number of halogens is 1. The molecule has 1 heterocycles. The zero-order chi connectivity index (χ0) is 21.0. The minimum Gasteiger partial charge on any atom is -0.322 e. The first-order valence-corrected chi connectivity index (χ1v) is 10.5. The number of rotatable bonds is 5. The first kappa shape index (κ1) is 20.9. The second kappa shape index (κ2) is 9.13. The average Bonchev–Trinajstić information content (AvgIpc) is 2.70. The maximum absolute atomic E-state index is 13.3. The van der Waals surface area contributed by atoms with Gasteiger partial charge in [-0.25, -0.2) is 4.98 Å². The van der Waals surface area contributed by atoms with Crippen LogP contribution in [-0.4, -0.2) is 16.6 Å². The predicted octanol–water partition coefficient (Wildman–Crippen LogP) is 6.25.